The molecule has 0 bridgehead atoms. The van der Waals surface area contributed by atoms with Crippen molar-refractivity contribution in [2.24, 2.45) is 18.4 Å². The van der Waals surface area contributed by atoms with Gasteiger partial charge in [0.2, 0.25) is 5.91 Å². The van der Waals surface area contributed by atoms with E-state index in [4.69, 9.17) is 0 Å². The minimum atomic E-state index is 0.0468. The average Bonchev–Trinajstić information content (AvgIpc) is 3.12. The highest BCUT2D eigenvalue weighted by Crippen LogP contribution is 2.26. The number of amides is 1. The van der Waals surface area contributed by atoms with E-state index in [9.17, 15) is 4.79 Å². The van der Waals surface area contributed by atoms with Crippen molar-refractivity contribution in [1.82, 2.24) is 24.9 Å². The van der Waals surface area contributed by atoms with Crippen LogP contribution < -0.4 is 5.32 Å². The van der Waals surface area contributed by atoms with Crippen LogP contribution >= 0.6 is 0 Å². The number of hydrogen-bond acceptors (Lipinski definition) is 5. The molecule has 1 aliphatic heterocycles. The second-order valence-electron chi connectivity index (χ2n) is 9.47. The van der Waals surface area contributed by atoms with Gasteiger partial charge in [-0.3, -0.25) is 4.79 Å². The van der Waals surface area contributed by atoms with E-state index < -0.39 is 0 Å². The summed E-state index contributed by atoms with van der Waals surface area (Å²) in [6.07, 6.45) is 5.35. The fourth-order valence-electron chi connectivity index (χ4n) is 4.17. The minimum Gasteiger partial charge on any atom is -0.310 e. The van der Waals surface area contributed by atoms with Gasteiger partial charge in [0, 0.05) is 36.7 Å². The van der Waals surface area contributed by atoms with Gasteiger partial charge in [-0.15, -0.1) is 5.10 Å². The molecule has 3 aromatic rings. The number of anilines is 1. The third kappa shape index (κ3) is 4.67. The Hall–Kier alpha value is -2.80. The summed E-state index contributed by atoms with van der Waals surface area (Å²) in [7, 11) is 1.87. The molecule has 158 valence electrons. The van der Waals surface area contributed by atoms with Crippen molar-refractivity contribution in [2.75, 3.05) is 25.0 Å². The van der Waals surface area contributed by atoms with Gasteiger partial charge in [0.25, 0.3) is 0 Å². The molecule has 7 nitrogen and oxygen atoms in total. The van der Waals surface area contributed by atoms with E-state index in [0.717, 1.165) is 54.5 Å². The van der Waals surface area contributed by atoms with E-state index in [-0.39, 0.29) is 17.2 Å². The Kier molecular flexibility index (Phi) is 5.56. The Morgan fingerprint density at radius 2 is 1.90 bits per heavy atom. The second-order valence-corrected chi connectivity index (χ2v) is 9.47. The van der Waals surface area contributed by atoms with Gasteiger partial charge in [-0.05, 0) is 48.9 Å². The van der Waals surface area contributed by atoms with Crippen LogP contribution in [0.5, 0.6) is 0 Å². The first kappa shape index (κ1) is 20.5. The standard InChI is InChI=1S/C23H30N6O/c1-23(2,3)15-29-9-7-16(8-10-29)22(30)26-21-12-19-11-17(5-6-18(19)13-24-21)20-14-25-27-28(20)4/h5-6,11-14,16H,7-10,15H2,1-4H3,(H,24,26,30). The highest BCUT2D eigenvalue weighted by atomic mass is 16.1. The molecule has 1 saturated heterocycles. The predicted molar refractivity (Wildman–Crippen MR) is 119 cm³/mol. The molecule has 3 heterocycles. The lowest BCUT2D eigenvalue weighted by molar-refractivity contribution is -0.121. The molecule has 0 unspecified atom stereocenters. The number of carbonyl (C=O) groups is 1. The van der Waals surface area contributed by atoms with Crippen LogP contribution in [0, 0.1) is 11.3 Å². The normalized spacial score (nSPS) is 16.1. The first-order valence-corrected chi connectivity index (χ1v) is 10.6. The summed E-state index contributed by atoms with van der Waals surface area (Å²) in [5, 5.41) is 13.0. The highest BCUT2D eigenvalue weighted by molar-refractivity contribution is 5.95. The molecule has 1 fully saturated rings. The van der Waals surface area contributed by atoms with Crippen molar-refractivity contribution in [1.29, 1.82) is 0 Å². The molecule has 0 spiro atoms. The molecule has 0 radical (unpaired) electrons. The van der Waals surface area contributed by atoms with Crippen LogP contribution in [0.2, 0.25) is 0 Å². The SMILES string of the molecule is Cn1nncc1-c1ccc2cnc(NC(=O)C3CCN(CC(C)(C)C)CC3)cc2c1. The number of aromatic nitrogens is 4. The fraction of sp³-hybridized carbons (Fsp3) is 0.478. The number of fused-ring (bicyclic) bond motifs is 1. The van der Waals surface area contributed by atoms with Crippen LogP contribution in [0.1, 0.15) is 33.6 Å². The molecule has 0 atom stereocenters. The van der Waals surface area contributed by atoms with Crippen molar-refractivity contribution in [3.63, 3.8) is 0 Å². The molecule has 2 aromatic heterocycles. The Bertz CT molecular complexity index is 1040. The summed E-state index contributed by atoms with van der Waals surface area (Å²) < 4.78 is 1.75. The summed E-state index contributed by atoms with van der Waals surface area (Å²) in [6, 6.07) is 8.08. The summed E-state index contributed by atoms with van der Waals surface area (Å²) in [5.41, 5.74) is 2.26. The first-order chi connectivity index (χ1) is 14.3. The van der Waals surface area contributed by atoms with Gasteiger partial charge in [-0.2, -0.15) is 0 Å². The van der Waals surface area contributed by atoms with E-state index in [1.54, 1.807) is 10.9 Å². The molecule has 7 heteroatoms. The van der Waals surface area contributed by atoms with E-state index in [0.29, 0.717) is 5.82 Å². The van der Waals surface area contributed by atoms with Gasteiger partial charge < -0.3 is 10.2 Å². The van der Waals surface area contributed by atoms with Gasteiger partial charge in [0.05, 0.1) is 11.9 Å². The number of nitrogens with one attached hydrogen (secondary N) is 1. The number of nitrogens with zero attached hydrogens (tertiary/aromatic N) is 5. The van der Waals surface area contributed by atoms with E-state index in [1.165, 1.54) is 0 Å². The zero-order valence-electron chi connectivity index (χ0n) is 18.2. The van der Waals surface area contributed by atoms with Crippen molar-refractivity contribution in [3.8, 4) is 11.3 Å². The molecular weight excluding hydrogens is 376 g/mol. The van der Waals surface area contributed by atoms with Gasteiger partial charge >= 0.3 is 0 Å². The van der Waals surface area contributed by atoms with Crippen LogP contribution in [0.25, 0.3) is 22.0 Å². The number of hydrogen-bond donors (Lipinski definition) is 1. The Morgan fingerprint density at radius 1 is 1.13 bits per heavy atom. The van der Waals surface area contributed by atoms with Gasteiger partial charge in [-0.25, -0.2) is 9.67 Å². The number of carbonyl (C=O) groups excluding carboxylic acids is 1. The number of piperidine rings is 1. The zero-order chi connectivity index (χ0) is 21.3. The largest absolute Gasteiger partial charge is 0.310 e. The van der Waals surface area contributed by atoms with Gasteiger partial charge in [-0.1, -0.05) is 38.1 Å². The quantitative estimate of drug-likeness (QED) is 0.715. The van der Waals surface area contributed by atoms with E-state index >= 15 is 0 Å². The molecule has 4 rings (SSSR count). The predicted octanol–water partition coefficient (Wildman–Crippen LogP) is 3.73. The van der Waals surface area contributed by atoms with Crippen molar-refractivity contribution in [2.45, 2.75) is 33.6 Å². The van der Waals surface area contributed by atoms with Crippen molar-refractivity contribution >= 4 is 22.5 Å². The number of rotatable bonds is 4. The summed E-state index contributed by atoms with van der Waals surface area (Å²) in [6.45, 7) is 9.79. The number of aryl methyl sites for hydroxylation is 1. The van der Waals surface area contributed by atoms with Gasteiger partial charge in [0.15, 0.2) is 0 Å². The van der Waals surface area contributed by atoms with Crippen LogP contribution in [-0.2, 0) is 11.8 Å². The highest BCUT2D eigenvalue weighted by Gasteiger charge is 2.27. The van der Waals surface area contributed by atoms with Crippen LogP contribution in [-0.4, -0.2) is 50.4 Å². The summed E-state index contributed by atoms with van der Waals surface area (Å²) >= 11 is 0. The number of benzene rings is 1. The van der Waals surface area contributed by atoms with E-state index in [2.05, 4.69) is 52.4 Å². The molecule has 1 aliphatic rings. The topological polar surface area (TPSA) is 75.9 Å². The Morgan fingerprint density at radius 3 is 2.57 bits per heavy atom. The smallest absolute Gasteiger partial charge is 0.228 e. The molecule has 0 saturated carbocycles. The third-order valence-electron chi connectivity index (χ3n) is 5.64. The molecule has 1 amide bonds. The molecule has 1 aromatic carbocycles. The van der Waals surface area contributed by atoms with E-state index in [1.807, 2.05) is 31.4 Å². The van der Waals surface area contributed by atoms with Gasteiger partial charge in [0.1, 0.15) is 5.82 Å². The lowest BCUT2D eigenvalue weighted by Crippen LogP contribution is -2.41. The van der Waals surface area contributed by atoms with Crippen LogP contribution in [0.4, 0.5) is 5.82 Å². The van der Waals surface area contributed by atoms with Crippen LogP contribution in [0.3, 0.4) is 0 Å². The third-order valence-corrected chi connectivity index (χ3v) is 5.64. The molecule has 1 N–H and O–H groups in total. The molecule has 0 aliphatic carbocycles. The lowest BCUT2D eigenvalue weighted by atomic mass is 9.91. The number of likely N-dealkylation sites (tertiary alicyclic amines) is 1. The summed E-state index contributed by atoms with van der Waals surface area (Å²) in [4.78, 5) is 19.7. The van der Waals surface area contributed by atoms with Crippen molar-refractivity contribution < 1.29 is 4.79 Å². The zero-order valence-corrected chi connectivity index (χ0v) is 18.2. The molecule has 30 heavy (non-hydrogen) atoms. The Balaban J connectivity index is 1.43. The molecular formula is C23H30N6O. The lowest BCUT2D eigenvalue weighted by Gasteiger charge is -2.35. The second kappa shape index (κ2) is 8.14. The number of pyridine rings is 1. The maximum absolute atomic E-state index is 12.8. The maximum atomic E-state index is 12.8. The fourth-order valence-corrected chi connectivity index (χ4v) is 4.17. The van der Waals surface area contributed by atoms with Crippen molar-refractivity contribution in [3.05, 3.63) is 36.7 Å². The van der Waals surface area contributed by atoms with Crippen LogP contribution in [0.15, 0.2) is 36.7 Å². The average molecular weight is 407 g/mol. The first-order valence-electron chi connectivity index (χ1n) is 10.6. The summed E-state index contributed by atoms with van der Waals surface area (Å²) in [5.74, 6) is 0.722. The minimum absolute atomic E-state index is 0.0468. The maximum Gasteiger partial charge on any atom is 0.228 e. The Labute approximate surface area is 177 Å². The monoisotopic (exact) mass is 406 g/mol.